The normalized spacial score (nSPS) is 8.00. The predicted molar refractivity (Wildman–Crippen MR) is 103 cm³/mol. The largest absolute Gasteiger partial charge is 0.372 e. The van der Waals surface area contributed by atoms with Crippen LogP contribution in [0.3, 0.4) is 0 Å². The average molecular weight is 342 g/mol. The van der Waals surface area contributed by atoms with E-state index >= 15 is 0 Å². The molecule has 0 atom stereocenters. The number of amides is 1. The minimum absolute atomic E-state index is 0.131. The number of terminal acetylenes is 3. The summed E-state index contributed by atoms with van der Waals surface area (Å²) in [5.41, 5.74) is 8.83. The van der Waals surface area contributed by atoms with Crippen molar-refractivity contribution in [3.63, 3.8) is 0 Å². The Balaban J connectivity index is 0. The first-order chi connectivity index (χ1) is 12.1. The molecule has 6 heteroatoms. The highest BCUT2D eigenvalue weighted by Gasteiger charge is 2.03. The Kier molecular flexibility index (Phi) is 18.6. The summed E-state index contributed by atoms with van der Waals surface area (Å²) in [6, 6.07) is 6.85. The van der Waals surface area contributed by atoms with Crippen molar-refractivity contribution in [2.24, 2.45) is 11.6 Å². The topological polar surface area (TPSA) is 102 Å². The van der Waals surface area contributed by atoms with Crippen LogP contribution in [0.4, 0.5) is 5.69 Å². The SMILES string of the molecule is C#CCCN.C#CCCNC(=O)c1ccc(NN)cc1.C#CCOC. The molecule has 0 saturated heterocycles. The van der Waals surface area contributed by atoms with Crippen LogP contribution in [0.1, 0.15) is 23.2 Å². The molecule has 0 aliphatic heterocycles. The molecule has 0 heterocycles. The molecule has 0 bridgehead atoms. The lowest BCUT2D eigenvalue weighted by molar-refractivity contribution is 0.0954. The molecule has 0 saturated carbocycles. The molecule has 25 heavy (non-hydrogen) atoms. The van der Waals surface area contributed by atoms with Crippen molar-refractivity contribution in [2.45, 2.75) is 12.8 Å². The van der Waals surface area contributed by atoms with Crippen molar-refractivity contribution >= 4 is 11.6 Å². The summed E-state index contributed by atoms with van der Waals surface area (Å²) in [6.45, 7) is 1.52. The van der Waals surface area contributed by atoms with E-state index in [1.165, 1.54) is 0 Å². The monoisotopic (exact) mass is 342 g/mol. The molecule has 1 rings (SSSR count). The maximum atomic E-state index is 11.5. The van der Waals surface area contributed by atoms with Crippen LogP contribution in [0, 0.1) is 37.0 Å². The average Bonchev–Trinajstić information content (AvgIpc) is 2.64. The van der Waals surface area contributed by atoms with Gasteiger partial charge in [0.1, 0.15) is 6.61 Å². The number of benzene rings is 1. The van der Waals surface area contributed by atoms with Crippen LogP contribution in [0.2, 0.25) is 0 Å². The van der Waals surface area contributed by atoms with Gasteiger partial charge in [0.05, 0.1) is 0 Å². The fourth-order valence-corrected chi connectivity index (χ4v) is 1.23. The quantitative estimate of drug-likeness (QED) is 0.267. The zero-order valence-electron chi connectivity index (χ0n) is 14.5. The molecular weight excluding hydrogens is 316 g/mol. The third kappa shape index (κ3) is 15.7. The lowest BCUT2D eigenvalue weighted by Crippen LogP contribution is -2.24. The molecule has 6 nitrogen and oxygen atoms in total. The molecule has 0 spiro atoms. The highest BCUT2D eigenvalue weighted by atomic mass is 16.5. The fourth-order valence-electron chi connectivity index (χ4n) is 1.23. The summed E-state index contributed by atoms with van der Waals surface area (Å²) in [7, 11) is 1.57. The van der Waals surface area contributed by atoms with Gasteiger partial charge in [-0.3, -0.25) is 10.6 Å². The molecule has 0 aromatic heterocycles. The number of nitrogen functional groups attached to an aromatic ring is 1. The first kappa shape index (κ1) is 24.3. The predicted octanol–water partition coefficient (Wildman–Crippen LogP) is 0.960. The number of anilines is 1. The van der Waals surface area contributed by atoms with Gasteiger partial charge in [0.25, 0.3) is 5.91 Å². The van der Waals surface area contributed by atoms with E-state index in [0.29, 0.717) is 38.1 Å². The first-order valence-corrected chi connectivity index (χ1v) is 7.45. The lowest BCUT2D eigenvalue weighted by atomic mass is 10.2. The number of carbonyl (C=O) groups excluding carboxylic acids is 1. The summed E-state index contributed by atoms with van der Waals surface area (Å²) < 4.78 is 4.45. The molecule has 1 aromatic rings. The van der Waals surface area contributed by atoms with Gasteiger partial charge in [0, 0.05) is 44.3 Å². The van der Waals surface area contributed by atoms with Crippen molar-refractivity contribution in [2.75, 3.05) is 32.2 Å². The molecule has 0 fully saturated rings. The lowest BCUT2D eigenvalue weighted by Gasteiger charge is -2.04. The molecule has 1 amide bonds. The Morgan fingerprint density at radius 1 is 1.12 bits per heavy atom. The Morgan fingerprint density at radius 2 is 1.72 bits per heavy atom. The Bertz CT molecular complexity index is 561. The summed E-state index contributed by atoms with van der Waals surface area (Å²) in [4.78, 5) is 11.5. The van der Waals surface area contributed by atoms with Crippen molar-refractivity contribution < 1.29 is 9.53 Å². The van der Waals surface area contributed by atoms with E-state index in [0.717, 1.165) is 5.69 Å². The van der Waals surface area contributed by atoms with Crippen LogP contribution in [0.5, 0.6) is 0 Å². The van der Waals surface area contributed by atoms with Crippen LogP contribution in [0.25, 0.3) is 0 Å². The third-order valence-corrected chi connectivity index (χ3v) is 2.38. The smallest absolute Gasteiger partial charge is 0.251 e. The van der Waals surface area contributed by atoms with Crippen LogP contribution < -0.4 is 22.3 Å². The zero-order chi connectivity index (χ0) is 19.3. The van der Waals surface area contributed by atoms with E-state index in [9.17, 15) is 4.79 Å². The first-order valence-electron chi connectivity index (χ1n) is 7.45. The summed E-state index contributed by atoms with van der Waals surface area (Å²) in [6.07, 6.45) is 15.9. The number of hydrazine groups is 1. The van der Waals surface area contributed by atoms with Crippen molar-refractivity contribution in [3.05, 3.63) is 29.8 Å². The summed E-state index contributed by atoms with van der Waals surface area (Å²) >= 11 is 0. The van der Waals surface area contributed by atoms with E-state index in [-0.39, 0.29) is 5.91 Å². The minimum Gasteiger partial charge on any atom is -0.372 e. The van der Waals surface area contributed by atoms with Gasteiger partial charge in [0.15, 0.2) is 0 Å². The van der Waals surface area contributed by atoms with E-state index in [1.807, 2.05) is 0 Å². The highest BCUT2D eigenvalue weighted by Crippen LogP contribution is 2.07. The summed E-state index contributed by atoms with van der Waals surface area (Å²) in [5.74, 6) is 12.2. The van der Waals surface area contributed by atoms with Crippen LogP contribution in [0.15, 0.2) is 24.3 Å². The van der Waals surface area contributed by atoms with E-state index in [1.54, 1.807) is 31.4 Å². The Labute approximate surface area is 150 Å². The number of hydrogen-bond donors (Lipinski definition) is 4. The number of hydrogen-bond acceptors (Lipinski definition) is 5. The van der Waals surface area contributed by atoms with Gasteiger partial charge in [-0.25, -0.2) is 0 Å². The zero-order valence-corrected chi connectivity index (χ0v) is 14.5. The van der Waals surface area contributed by atoms with Gasteiger partial charge in [0.2, 0.25) is 0 Å². The van der Waals surface area contributed by atoms with Gasteiger partial charge in [-0.2, -0.15) is 0 Å². The summed E-state index contributed by atoms with van der Waals surface area (Å²) in [5, 5.41) is 2.70. The van der Waals surface area contributed by atoms with E-state index < -0.39 is 0 Å². The number of nitrogens with two attached hydrogens (primary N) is 2. The second kappa shape index (κ2) is 19.1. The van der Waals surface area contributed by atoms with Gasteiger partial charge >= 0.3 is 0 Å². The molecule has 0 aliphatic rings. The second-order valence-corrected chi connectivity index (χ2v) is 4.31. The molecular formula is C19H26N4O2. The highest BCUT2D eigenvalue weighted by molar-refractivity contribution is 5.94. The maximum Gasteiger partial charge on any atom is 0.251 e. The fraction of sp³-hybridized carbons (Fsp3) is 0.316. The van der Waals surface area contributed by atoms with Crippen LogP contribution in [-0.4, -0.2) is 32.7 Å². The van der Waals surface area contributed by atoms with E-state index in [2.05, 4.69) is 33.2 Å². The molecule has 134 valence electrons. The molecule has 0 aliphatic carbocycles. The minimum atomic E-state index is -0.131. The number of nitrogens with one attached hydrogen (secondary N) is 2. The second-order valence-electron chi connectivity index (χ2n) is 4.31. The maximum absolute atomic E-state index is 11.5. The van der Waals surface area contributed by atoms with Crippen molar-refractivity contribution in [3.8, 4) is 37.0 Å². The van der Waals surface area contributed by atoms with Gasteiger partial charge < -0.3 is 21.2 Å². The Hall–Kier alpha value is -2.95. The Morgan fingerprint density at radius 3 is 2.04 bits per heavy atom. The van der Waals surface area contributed by atoms with Crippen molar-refractivity contribution in [1.29, 1.82) is 0 Å². The van der Waals surface area contributed by atoms with Crippen LogP contribution >= 0.6 is 0 Å². The number of rotatable bonds is 6. The number of ether oxygens (including phenoxy) is 1. The standard InChI is InChI=1S/C11H13N3O.C4H7N.C4H6O/c1-2-3-8-13-11(15)9-4-6-10(14-12)7-5-9;1-2-3-4-5;1-3-4-5-2/h1,4-7,14H,3,8,12H2,(H,13,15);1H,3-5H2;1H,4H2,2H3. The number of carbonyl (C=O) groups is 1. The van der Waals surface area contributed by atoms with Crippen LogP contribution in [-0.2, 0) is 4.74 Å². The molecule has 1 aromatic carbocycles. The van der Waals surface area contributed by atoms with Gasteiger partial charge in [-0.15, -0.1) is 31.1 Å². The molecule has 0 unspecified atom stereocenters. The number of methoxy groups -OCH3 is 1. The van der Waals surface area contributed by atoms with Crippen molar-refractivity contribution in [1.82, 2.24) is 5.32 Å². The third-order valence-electron chi connectivity index (χ3n) is 2.38. The molecule has 6 N–H and O–H groups in total. The van der Waals surface area contributed by atoms with Gasteiger partial charge in [-0.05, 0) is 24.3 Å². The van der Waals surface area contributed by atoms with Gasteiger partial charge in [-0.1, -0.05) is 5.92 Å². The molecule has 0 radical (unpaired) electrons. The van der Waals surface area contributed by atoms with E-state index in [4.69, 9.17) is 30.8 Å².